The SMILES string of the molecule is CCNc1ccc(C(=O)N2CCNCC2)nn1. The molecule has 1 aromatic heterocycles. The van der Waals surface area contributed by atoms with Gasteiger partial charge in [-0.05, 0) is 19.1 Å². The van der Waals surface area contributed by atoms with E-state index in [1.54, 1.807) is 17.0 Å². The van der Waals surface area contributed by atoms with E-state index >= 15 is 0 Å². The predicted octanol–water partition coefficient (Wildman–Crippen LogP) is -0.0462. The van der Waals surface area contributed by atoms with Crippen molar-refractivity contribution < 1.29 is 4.79 Å². The number of hydrogen-bond donors (Lipinski definition) is 2. The zero-order chi connectivity index (χ0) is 12.1. The van der Waals surface area contributed by atoms with Crippen LogP contribution >= 0.6 is 0 Å². The predicted molar refractivity (Wildman–Crippen MR) is 65.0 cm³/mol. The fourth-order valence-electron chi connectivity index (χ4n) is 1.75. The van der Waals surface area contributed by atoms with Crippen LogP contribution in [-0.4, -0.2) is 53.7 Å². The van der Waals surface area contributed by atoms with Crippen molar-refractivity contribution in [2.24, 2.45) is 0 Å². The van der Waals surface area contributed by atoms with Gasteiger partial charge in [-0.25, -0.2) is 0 Å². The Hall–Kier alpha value is -1.69. The van der Waals surface area contributed by atoms with Gasteiger partial charge in [0, 0.05) is 32.7 Å². The summed E-state index contributed by atoms with van der Waals surface area (Å²) >= 11 is 0. The van der Waals surface area contributed by atoms with E-state index in [0.29, 0.717) is 11.5 Å². The van der Waals surface area contributed by atoms with Crippen LogP contribution < -0.4 is 10.6 Å². The van der Waals surface area contributed by atoms with Crippen molar-refractivity contribution in [3.63, 3.8) is 0 Å². The van der Waals surface area contributed by atoms with Crippen LogP contribution in [0.2, 0.25) is 0 Å². The number of amides is 1. The molecule has 1 aromatic rings. The second kappa shape index (κ2) is 5.58. The van der Waals surface area contributed by atoms with Gasteiger partial charge < -0.3 is 15.5 Å². The molecule has 2 rings (SSSR count). The first-order valence-electron chi connectivity index (χ1n) is 5.89. The van der Waals surface area contributed by atoms with Crippen molar-refractivity contribution in [2.75, 3.05) is 38.0 Å². The van der Waals surface area contributed by atoms with E-state index in [2.05, 4.69) is 20.8 Å². The normalized spacial score (nSPS) is 15.7. The Kier molecular flexibility index (Phi) is 3.87. The lowest BCUT2D eigenvalue weighted by Gasteiger charge is -2.26. The van der Waals surface area contributed by atoms with Gasteiger partial charge in [-0.2, -0.15) is 0 Å². The third-order valence-electron chi connectivity index (χ3n) is 2.65. The smallest absolute Gasteiger partial charge is 0.274 e. The molecule has 17 heavy (non-hydrogen) atoms. The van der Waals surface area contributed by atoms with Crippen molar-refractivity contribution in [3.8, 4) is 0 Å². The molecule has 1 fully saturated rings. The maximum Gasteiger partial charge on any atom is 0.274 e. The molecule has 2 heterocycles. The van der Waals surface area contributed by atoms with Crippen LogP contribution in [0, 0.1) is 0 Å². The number of nitrogens with zero attached hydrogens (tertiary/aromatic N) is 3. The van der Waals surface area contributed by atoms with E-state index in [-0.39, 0.29) is 5.91 Å². The Labute approximate surface area is 100 Å². The summed E-state index contributed by atoms with van der Waals surface area (Å²) in [6.07, 6.45) is 0. The number of aromatic nitrogens is 2. The number of anilines is 1. The van der Waals surface area contributed by atoms with Gasteiger partial charge >= 0.3 is 0 Å². The van der Waals surface area contributed by atoms with Crippen LogP contribution in [0.5, 0.6) is 0 Å². The van der Waals surface area contributed by atoms with Gasteiger partial charge in [0.25, 0.3) is 5.91 Å². The first-order chi connectivity index (χ1) is 8.31. The standard InChI is InChI=1S/C11H17N5O/c1-2-13-10-4-3-9(14-15-10)11(17)16-7-5-12-6-8-16/h3-4,12H,2,5-8H2,1H3,(H,13,15). The molecule has 0 aromatic carbocycles. The summed E-state index contributed by atoms with van der Waals surface area (Å²) in [5, 5.41) is 14.2. The highest BCUT2D eigenvalue weighted by Gasteiger charge is 2.19. The number of carbonyl (C=O) groups is 1. The first-order valence-corrected chi connectivity index (χ1v) is 5.89. The highest BCUT2D eigenvalue weighted by molar-refractivity contribution is 5.92. The van der Waals surface area contributed by atoms with Crippen molar-refractivity contribution in [1.82, 2.24) is 20.4 Å². The molecule has 1 aliphatic heterocycles. The summed E-state index contributed by atoms with van der Waals surface area (Å²) in [5.74, 6) is 0.659. The summed E-state index contributed by atoms with van der Waals surface area (Å²) in [4.78, 5) is 13.8. The van der Waals surface area contributed by atoms with Crippen LogP contribution in [-0.2, 0) is 0 Å². The molecule has 6 heteroatoms. The van der Waals surface area contributed by atoms with Crippen molar-refractivity contribution in [1.29, 1.82) is 0 Å². The lowest BCUT2D eigenvalue weighted by Crippen LogP contribution is -2.46. The number of piperazine rings is 1. The Balaban J connectivity index is 2.03. The number of rotatable bonds is 3. The zero-order valence-corrected chi connectivity index (χ0v) is 9.94. The molecule has 92 valence electrons. The molecule has 0 unspecified atom stereocenters. The van der Waals surface area contributed by atoms with Crippen molar-refractivity contribution in [3.05, 3.63) is 17.8 Å². The second-order valence-corrected chi connectivity index (χ2v) is 3.88. The second-order valence-electron chi connectivity index (χ2n) is 3.88. The molecule has 0 aliphatic carbocycles. The van der Waals surface area contributed by atoms with Gasteiger partial charge in [0.1, 0.15) is 5.82 Å². The molecule has 0 atom stereocenters. The lowest BCUT2D eigenvalue weighted by atomic mass is 10.3. The largest absolute Gasteiger partial charge is 0.369 e. The Morgan fingerprint density at radius 1 is 1.41 bits per heavy atom. The van der Waals surface area contributed by atoms with Crippen LogP contribution in [0.1, 0.15) is 17.4 Å². The third kappa shape index (κ3) is 2.91. The van der Waals surface area contributed by atoms with Crippen molar-refractivity contribution in [2.45, 2.75) is 6.92 Å². The highest BCUT2D eigenvalue weighted by atomic mass is 16.2. The quantitative estimate of drug-likeness (QED) is 0.769. The first kappa shape index (κ1) is 11.8. The Bertz CT molecular complexity index is 372. The van der Waals surface area contributed by atoms with Crippen molar-refractivity contribution >= 4 is 11.7 Å². The van der Waals surface area contributed by atoms with Gasteiger partial charge in [0.05, 0.1) is 0 Å². The molecule has 0 bridgehead atoms. The van der Waals surface area contributed by atoms with Gasteiger partial charge in [0.15, 0.2) is 5.69 Å². The van der Waals surface area contributed by atoms with Crippen LogP contribution in [0.3, 0.4) is 0 Å². The molecule has 1 saturated heterocycles. The minimum atomic E-state index is -0.0398. The van der Waals surface area contributed by atoms with Crippen LogP contribution in [0.15, 0.2) is 12.1 Å². The number of nitrogens with one attached hydrogen (secondary N) is 2. The fraction of sp³-hybridized carbons (Fsp3) is 0.545. The molecular weight excluding hydrogens is 218 g/mol. The lowest BCUT2D eigenvalue weighted by molar-refractivity contribution is 0.0728. The number of hydrogen-bond acceptors (Lipinski definition) is 5. The average molecular weight is 235 g/mol. The molecule has 1 amide bonds. The van der Waals surface area contributed by atoms with Gasteiger partial charge in [0.2, 0.25) is 0 Å². The van der Waals surface area contributed by atoms with E-state index in [0.717, 1.165) is 32.7 Å². The Morgan fingerprint density at radius 3 is 2.76 bits per heavy atom. The van der Waals surface area contributed by atoms with Gasteiger partial charge in [-0.3, -0.25) is 4.79 Å². The fourth-order valence-corrected chi connectivity index (χ4v) is 1.75. The molecule has 0 spiro atoms. The summed E-state index contributed by atoms with van der Waals surface area (Å²) < 4.78 is 0. The highest BCUT2D eigenvalue weighted by Crippen LogP contribution is 2.05. The monoisotopic (exact) mass is 235 g/mol. The molecule has 0 radical (unpaired) electrons. The zero-order valence-electron chi connectivity index (χ0n) is 9.94. The average Bonchev–Trinajstić information content (AvgIpc) is 2.40. The minimum Gasteiger partial charge on any atom is -0.369 e. The molecular formula is C11H17N5O. The van der Waals surface area contributed by atoms with E-state index in [1.165, 1.54) is 0 Å². The number of carbonyl (C=O) groups excluding carboxylic acids is 1. The summed E-state index contributed by atoms with van der Waals surface area (Å²) in [7, 11) is 0. The summed E-state index contributed by atoms with van der Waals surface area (Å²) in [6, 6.07) is 3.50. The summed E-state index contributed by atoms with van der Waals surface area (Å²) in [6.45, 7) is 5.93. The maximum atomic E-state index is 12.0. The van der Waals surface area contributed by atoms with Gasteiger partial charge in [-0.15, -0.1) is 10.2 Å². The third-order valence-corrected chi connectivity index (χ3v) is 2.65. The van der Waals surface area contributed by atoms with E-state index in [9.17, 15) is 4.79 Å². The van der Waals surface area contributed by atoms with Crippen LogP contribution in [0.25, 0.3) is 0 Å². The molecule has 0 saturated carbocycles. The van der Waals surface area contributed by atoms with E-state index < -0.39 is 0 Å². The van der Waals surface area contributed by atoms with Gasteiger partial charge in [-0.1, -0.05) is 0 Å². The molecule has 1 aliphatic rings. The van der Waals surface area contributed by atoms with Crippen LogP contribution in [0.4, 0.5) is 5.82 Å². The Morgan fingerprint density at radius 2 is 2.18 bits per heavy atom. The maximum absolute atomic E-state index is 12.0. The topological polar surface area (TPSA) is 70.2 Å². The minimum absolute atomic E-state index is 0.0398. The molecule has 6 nitrogen and oxygen atoms in total. The summed E-state index contributed by atoms with van der Waals surface area (Å²) in [5.41, 5.74) is 0.411. The van der Waals surface area contributed by atoms with E-state index in [1.807, 2.05) is 6.92 Å². The molecule has 2 N–H and O–H groups in total. The van der Waals surface area contributed by atoms with E-state index in [4.69, 9.17) is 0 Å².